The van der Waals surface area contributed by atoms with Gasteiger partial charge in [-0.1, -0.05) is 23.7 Å². The first-order valence-electron chi connectivity index (χ1n) is 9.27. The van der Waals surface area contributed by atoms with Crippen molar-refractivity contribution in [1.29, 1.82) is 0 Å². The van der Waals surface area contributed by atoms with Crippen LogP contribution in [-0.2, 0) is 11.3 Å². The average molecular weight is 507 g/mol. The van der Waals surface area contributed by atoms with Gasteiger partial charge in [0, 0.05) is 31.2 Å². The van der Waals surface area contributed by atoms with Gasteiger partial charge in [-0.25, -0.2) is 0 Å². The van der Waals surface area contributed by atoms with Crippen LogP contribution in [-0.4, -0.2) is 65.1 Å². The topological polar surface area (TPSA) is 68.2 Å². The molecule has 0 radical (unpaired) electrons. The molecule has 0 bridgehead atoms. The van der Waals surface area contributed by atoms with Crippen LogP contribution < -0.4 is 5.32 Å². The molecule has 1 aliphatic carbocycles. The monoisotopic (exact) mass is 506 g/mol. The number of carbonyl (C=O) groups is 1. The number of aliphatic hydroxyl groups is 1. The summed E-state index contributed by atoms with van der Waals surface area (Å²) in [5.41, 5.74) is 0.421. The van der Waals surface area contributed by atoms with Gasteiger partial charge in [-0.2, -0.15) is 0 Å². The first kappa shape index (κ1) is 22.2. The lowest BCUT2D eigenvalue weighted by atomic mass is 9.80. The molecule has 1 saturated heterocycles. The van der Waals surface area contributed by atoms with Gasteiger partial charge in [-0.05, 0) is 43.9 Å². The lowest BCUT2D eigenvalue weighted by Gasteiger charge is -2.38. The summed E-state index contributed by atoms with van der Waals surface area (Å²) in [5.74, 6) is 0.798. The van der Waals surface area contributed by atoms with Crippen LogP contribution in [0.15, 0.2) is 29.3 Å². The highest BCUT2D eigenvalue weighted by Gasteiger charge is 2.34. The normalized spacial score (nSPS) is 19.4. The Morgan fingerprint density at radius 2 is 2.00 bits per heavy atom. The van der Waals surface area contributed by atoms with Crippen LogP contribution in [0.4, 0.5) is 0 Å². The van der Waals surface area contributed by atoms with Crippen LogP contribution >= 0.6 is 35.6 Å². The predicted octanol–water partition coefficient (Wildman–Crippen LogP) is 2.48. The number of amides is 1. The molecular formula is C19H28ClIN4O2. The Morgan fingerprint density at radius 3 is 2.56 bits per heavy atom. The van der Waals surface area contributed by atoms with E-state index >= 15 is 0 Å². The highest BCUT2D eigenvalue weighted by Crippen LogP contribution is 2.31. The summed E-state index contributed by atoms with van der Waals surface area (Å²) >= 11 is 5.92. The van der Waals surface area contributed by atoms with Crippen molar-refractivity contribution < 1.29 is 9.90 Å². The third kappa shape index (κ3) is 5.96. The van der Waals surface area contributed by atoms with E-state index in [9.17, 15) is 9.90 Å². The minimum atomic E-state index is -0.652. The lowest BCUT2D eigenvalue weighted by Crippen LogP contribution is -2.55. The van der Waals surface area contributed by atoms with Crippen molar-refractivity contribution in [2.75, 3.05) is 32.7 Å². The summed E-state index contributed by atoms with van der Waals surface area (Å²) in [6.07, 6.45) is 2.68. The molecule has 0 unspecified atom stereocenters. The van der Waals surface area contributed by atoms with Crippen molar-refractivity contribution >= 4 is 47.4 Å². The third-order valence-corrected chi connectivity index (χ3v) is 5.30. The smallest absolute Gasteiger partial charge is 0.242 e. The van der Waals surface area contributed by atoms with E-state index < -0.39 is 5.60 Å². The number of hydrogen-bond donors (Lipinski definition) is 2. The molecule has 3 rings (SSSR count). The van der Waals surface area contributed by atoms with Gasteiger partial charge in [0.1, 0.15) is 0 Å². The zero-order valence-electron chi connectivity index (χ0n) is 15.7. The largest absolute Gasteiger partial charge is 0.388 e. The molecule has 1 amide bonds. The number of guanidine groups is 1. The number of halogens is 2. The Kier molecular flexibility index (Phi) is 8.18. The second-order valence-corrected chi connectivity index (χ2v) is 7.55. The molecule has 8 heteroatoms. The Morgan fingerprint density at radius 1 is 1.30 bits per heavy atom. The van der Waals surface area contributed by atoms with Gasteiger partial charge < -0.3 is 20.2 Å². The van der Waals surface area contributed by atoms with Crippen molar-refractivity contribution in [3.8, 4) is 0 Å². The fourth-order valence-corrected chi connectivity index (χ4v) is 3.38. The minimum absolute atomic E-state index is 0. The molecule has 150 valence electrons. The van der Waals surface area contributed by atoms with E-state index in [2.05, 4.69) is 10.3 Å². The van der Waals surface area contributed by atoms with Gasteiger partial charge in [-0.15, -0.1) is 24.0 Å². The molecule has 2 aliphatic rings. The fourth-order valence-electron chi connectivity index (χ4n) is 3.26. The second kappa shape index (κ2) is 9.93. The number of piperazine rings is 1. The SMILES string of the molecule is CCNC(=NCC1(O)CCC1)N1CCN(Cc2ccc(Cl)cc2)C(=O)C1.I. The highest BCUT2D eigenvalue weighted by molar-refractivity contribution is 14.0. The molecule has 2 N–H and O–H groups in total. The molecule has 0 atom stereocenters. The third-order valence-electron chi connectivity index (χ3n) is 5.05. The van der Waals surface area contributed by atoms with E-state index in [1.807, 2.05) is 41.0 Å². The van der Waals surface area contributed by atoms with Gasteiger partial charge in [0.05, 0.1) is 18.7 Å². The molecule has 1 aromatic rings. The van der Waals surface area contributed by atoms with Crippen LogP contribution in [0, 0.1) is 0 Å². The van der Waals surface area contributed by atoms with E-state index in [1.165, 1.54) is 0 Å². The maximum atomic E-state index is 12.6. The number of nitrogens with zero attached hydrogens (tertiary/aromatic N) is 3. The van der Waals surface area contributed by atoms with E-state index in [0.717, 1.165) is 37.9 Å². The van der Waals surface area contributed by atoms with Crippen molar-refractivity contribution in [3.05, 3.63) is 34.9 Å². The van der Waals surface area contributed by atoms with Crippen molar-refractivity contribution in [3.63, 3.8) is 0 Å². The number of rotatable bonds is 5. The van der Waals surface area contributed by atoms with Crippen molar-refractivity contribution in [2.24, 2.45) is 4.99 Å². The molecule has 6 nitrogen and oxygen atoms in total. The molecular weight excluding hydrogens is 479 g/mol. The highest BCUT2D eigenvalue weighted by atomic mass is 127. The first-order valence-corrected chi connectivity index (χ1v) is 9.65. The Balaban J connectivity index is 0.00000261. The van der Waals surface area contributed by atoms with Crippen LogP contribution in [0.25, 0.3) is 0 Å². The lowest BCUT2D eigenvalue weighted by molar-refractivity contribution is -0.135. The summed E-state index contributed by atoms with van der Waals surface area (Å²) in [4.78, 5) is 21.0. The maximum Gasteiger partial charge on any atom is 0.242 e. The summed E-state index contributed by atoms with van der Waals surface area (Å²) in [5, 5.41) is 14.2. The maximum absolute atomic E-state index is 12.6. The molecule has 0 spiro atoms. The molecule has 1 heterocycles. The summed E-state index contributed by atoms with van der Waals surface area (Å²) < 4.78 is 0. The summed E-state index contributed by atoms with van der Waals surface area (Å²) in [6, 6.07) is 7.59. The molecule has 1 aromatic carbocycles. The standard InChI is InChI=1S/C19H27ClN4O2.HI/c1-2-21-18(22-14-19(26)8-3-9-19)24-11-10-23(17(25)13-24)12-15-4-6-16(20)7-5-15;/h4-7,26H,2-3,8-14H2,1H3,(H,21,22);1H. The molecule has 1 aliphatic heterocycles. The zero-order valence-corrected chi connectivity index (χ0v) is 18.7. The number of hydrogen-bond acceptors (Lipinski definition) is 3. The quantitative estimate of drug-likeness (QED) is 0.366. The summed E-state index contributed by atoms with van der Waals surface area (Å²) in [6.45, 7) is 5.41. The van der Waals surface area contributed by atoms with Crippen LogP contribution in [0.1, 0.15) is 31.7 Å². The van der Waals surface area contributed by atoms with Crippen LogP contribution in [0.5, 0.6) is 0 Å². The molecule has 27 heavy (non-hydrogen) atoms. The van der Waals surface area contributed by atoms with Crippen LogP contribution in [0.3, 0.4) is 0 Å². The molecule has 0 aromatic heterocycles. The second-order valence-electron chi connectivity index (χ2n) is 7.11. The number of benzene rings is 1. The van der Waals surface area contributed by atoms with Crippen molar-refractivity contribution in [2.45, 2.75) is 38.3 Å². The summed E-state index contributed by atoms with van der Waals surface area (Å²) in [7, 11) is 0. The van der Waals surface area contributed by atoms with E-state index in [-0.39, 0.29) is 29.9 Å². The molecule has 1 saturated carbocycles. The Bertz CT molecular complexity index is 664. The van der Waals surface area contributed by atoms with Gasteiger partial charge in [0.2, 0.25) is 5.91 Å². The van der Waals surface area contributed by atoms with E-state index in [0.29, 0.717) is 37.2 Å². The number of aliphatic imine (C=N–C) groups is 1. The minimum Gasteiger partial charge on any atom is -0.388 e. The molecule has 2 fully saturated rings. The van der Waals surface area contributed by atoms with Gasteiger partial charge in [-0.3, -0.25) is 9.79 Å². The zero-order chi connectivity index (χ0) is 18.6. The van der Waals surface area contributed by atoms with Gasteiger partial charge in [0.25, 0.3) is 0 Å². The van der Waals surface area contributed by atoms with Gasteiger partial charge >= 0.3 is 0 Å². The van der Waals surface area contributed by atoms with E-state index in [1.54, 1.807) is 0 Å². The van der Waals surface area contributed by atoms with Crippen molar-refractivity contribution in [1.82, 2.24) is 15.1 Å². The van der Waals surface area contributed by atoms with E-state index in [4.69, 9.17) is 11.6 Å². The van der Waals surface area contributed by atoms with Crippen LogP contribution in [0.2, 0.25) is 5.02 Å². The first-order chi connectivity index (χ1) is 12.5. The number of carbonyl (C=O) groups excluding carboxylic acids is 1. The average Bonchev–Trinajstić information content (AvgIpc) is 2.60. The predicted molar refractivity (Wildman–Crippen MR) is 119 cm³/mol. The Labute approximate surface area is 183 Å². The fraction of sp³-hybridized carbons (Fsp3) is 0.579. The Hall–Kier alpha value is -1.06. The number of nitrogens with one attached hydrogen (secondary N) is 1. The van der Waals surface area contributed by atoms with Gasteiger partial charge in [0.15, 0.2) is 5.96 Å².